The SMILES string of the molecule is C=CCOC(=O)NC1CS[C@@H]2c3c(OC(C)=O)c(C)c4c(c3[C@H](COC1=O)N1C2[C@H]2c3c(cc(C)c(OC)c3OCOC)C[C@@H]([C@@H]1C#N)N2C)OCO4. The molecule has 2 fully saturated rings. The highest BCUT2D eigenvalue weighted by Gasteiger charge is 2.61. The fourth-order valence-corrected chi connectivity index (χ4v) is 10.1. The van der Waals surface area contributed by atoms with E-state index >= 15 is 0 Å². The molecule has 8 rings (SSSR count). The molecule has 0 aromatic heterocycles. The van der Waals surface area contributed by atoms with Gasteiger partial charge in [-0.3, -0.25) is 14.6 Å². The van der Waals surface area contributed by atoms with Crippen LogP contribution >= 0.6 is 11.8 Å². The van der Waals surface area contributed by atoms with Gasteiger partial charge in [0.15, 0.2) is 29.8 Å². The minimum Gasteiger partial charge on any atom is -0.493 e. The number of nitriles is 1. The average Bonchev–Trinajstić information content (AvgIpc) is 3.62. The third kappa shape index (κ3) is 5.99. The second-order valence-corrected chi connectivity index (χ2v) is 14.7. The van der Waals surface area contributed by atoms with Crippen molar-refractivity contribution < 1.29 is 52.3 Å². The topological polar surface area (TPSA) is 167 Å². The van der Waals surface area contributed by atoms with Crippen LogP contribution in [0.25, 0.3) is 0 Å². The Morgan fingerprint density at radius 2 is 1.91 bits per heavy atom. The number of hydrogen-bond donors (Lipinski definition) is 1. The molecule has 1 N–H and O–H groups in total. The van der Waals surface area contributed by atoms with E-state index in [0.29, 0.717) is 51.9 Å². The molecule has 16 heteroatoms. The highest BCUT2D eigenvalue weighted by molar-refractivity contribution is 7.99. The molecule has 0 aliphatic carbocycles. The van der Waals surface area contributed by atoms with E-state index in [9.17, 15) is 19.6 Å². The number of thioether (sulfide) groups is 1. The molecule has 6 aliphatic rings. The summed E-state index contributed by atoms with van der Waals surface area (Å²) in [5.74, 6) is 1.13. The van der Waals surface area contributed by atoms with Crippen LogP contribution in [0, 0.1) is 25.2 Å². The van der Waals surface area contributed by atoms with Crippen molar-refractivity contribution in [3.63, 3.8) is 0 Å². The summed E-state index contributed by atoms with van der Waals surface area (Å²) in [5.41, 5.74) is 4.63. The number of alkyl carbamates (subject to hydrolysis) is 1. The number of methoxy groups -OCH3 is 2. The van der Waals surface area contributed by atoms with Gasteiger partial charge in [0.05, 0.1) is 30.5 Å². The summed E-state index contributed by atoms with van der Waals surface area (Å²) in [6.45, 7) is 8.32. The van der Waals surface area contributed by atoms with Gasteiger partial charge >= 0.3 is 18.0 Å². The van der Waals surface area contributed by atoms with Gasteiger partial charge < -0.3 is 43.2 Å². The quantitative estimate of drug-likeness (QED) is 0.179. The molecule has 0 saturated carbocycles. The minimum atomic E-state index is -1.09. The zero-order valence-electron chi connectivity index (χ0n) is 30.4. The maximum absolute atomic E-state index is 13.7. The molecule has 0 spiro atoms. The summed E-state index contributed by atoms with van der Waals surface area (Å²) < 4.78 is 47.0. The normalized spacial score (nSPS) is 26.9. The van der Waals surface area contributed by atoms with E-state index in [1.54, 1.807) is 14.2 Å². The molecule has 53 heavy (non-hydrogen) atoms. The molecule has 0 radical (unpaired) electrons. The Balaban J connectivity index is 1.50. The highest BCUT2D eigenvalue weighted by atomic mass is 32.2. The Kier molecular flexibility index (Phi) is 10.1. The van der Waals surface area contributed by atoms with Crippen LogP contribution in [0.5, 0.6) is 28.7 Å². The number of rotatable bonds is 8. The lowest BCUT2D eigenvalue weighted by atomic mass is 9.71. The van der Waals surface area contributed by atoms with Gasteiger partial charge in [0.25, 0.3) is 0 Å². The second-order valence-electron chi connectivity index (χ2n) is 13.5. The third-order valence-corrected chi connectivity index (χ3v) is 12.0. The van der Waals surface area contributed by atoms with Crippen molar-refractivity contribution in [1.29, 1.82) is 5.26 Å². The van der Waals surface area contributed by atoms with Crippen molar-refractivity contribution in [2.75, 3.05) is 53.8 Å². The molecule has 6 heterocycles. The van der Waals surface area contributed by atoms with Crippen LogP contribution in [0.1, 0.15) is 57.6 Å². The number of amides is 1. The first kappa shape index (κ1) is 36.7. The van der Waals surface area contributed by atoms with Crippen LogP contribution in [0.15, 0.2) is 18.7 Å². The molecule has 282 valence electrons. The number of likely N-dealkylation sites (N-methyl/N-ethyl adjacent to an activating group) is 1. The number of carbonyl (C=O) groups is 3. The minimum absolute atomic E-state index is 0.0323. The smallest absolute Gasteiger partial charge is 0.408 e. The Morgan fingerprint density at radius 1 is 1.13 bits per heavy atom. The monoisotopic (exact) mass is 750 g/mol. The number of piperazine rings is 1. The summed E-state index contributed by atoms with van der Waals surface area (Å²) in [4.78, 5) is 43.6. The molecule has 2 aromatic carbocycles. The number of benzene rings is 2. The number of nitrogens with zero attached hydrogens (tertiary/aromatic N) is 3. The van der Waals surface area contributed by atoms with Crippen LogP contribution in [0.3, 0.4) is 0 Å². The number of nitrogens with one attached hydrogen (secondary N) is 1. The average molecular weight is 751 g/mol. The van der Waals surface area contributed by atoms with Crippen LogP contribution in [-0.2, 0) is 30.2 Å². The van der Waals surface area contributed by atoms with Gasteiger partial charge in [0.1, 0.15) is 31.0 Å². The van der Waals surface area contributed by atoms with Gasteiger partial charge in [-0.05, 0) is 38.4 Å². The lowest BCUT2D eigenvalue weighted by Gasteiger charge is -2.61. The number of esters is 2. The summed E-state index contributed by atoms with van der Waals surface area (Å²) in [5, 5.41) is 13.1. The lowest BCUT2D eigenvalue weighted by Crippen LogP contribution is -2.69. The molecule has 4 bridgehead atoms. The standard InChI is InChI=1S/C37H42N4O11S/c1-8-9-47-37(44)39-21-14-53-35-27-26(34-32(50-16-51-34)18(3)31(27)52-19(4)42)24(13-48-36(21)43)41-23(12-38)22-11-20-10-17(2)30(46-7)33(49-15-45-6)25(20)28(29(35)41)40(22)5/h8,10,21-24,28-29,35H,1,9,11,13-16H2,2-7H3,(H,39,44)/t21?,22-,23-,24-,28+,29?,35+/m0/s1. The molecule has 2 saturated heterocycles. The van der Waals surface area contributed by atoms with E-state index in [4.69, 9.17) is 37.9 Å². The Labute approximate surface area is 311 Å². The Hall–Kier alpha value is -4.69. The maximum atomic E-state index is 13.7. The number of hydrogen-bond acceptors (Lipinski definition) is 15. The van der Waals surface area contributed by atoms with E-state index in [1.165, 1.54) is 24.8 Å². The largest absolute Gasteiger partial charge is 0.493 e. The molecular formula is C37H42N4O11S. The van der Waals surface area contributed by atoms with Gasteiger partial charge in [0.2, 0.25) is 6.79 Å². The van der Waals surface area contributed by atoms with Crippen molar-refractivity contribution >= 4 is 29.8 Å². The second kappa shape index (κ2) is 14.6. The first-order valence-corrected chi connectivity index (χ1v) is 18.3. The van der Waals surface area contributed by atoms with Gasteiger partial charge in [-0.25, -0.2) is 9.59 Å². The van der Waals surface area contributed by atoms with Crippen LogP contribution in [0.4, 0.5) is 4.79 Å². The number of carbonyl (C=O) groups excluding carboxylic acids is 3. The van der Waals surface area contributed by atoms with Crippen LogP contribution in [-0.4, -0.2) is 106 Å². The highest BCUT2D eigenvalue weighted by Crippen LogP contribution is 2.64. The summed E-state index contributed by atoms with van der Waals surface area (Å²) >= 11 is 1.38. The fourth-order valence-electron chi connectivity index (χ4n) is 8.62. The van der Waals surface area contributed by atoms with Crippen molar-refractivity contribution in [2.45, 2.75) is 68.7 Å². The van der Waals surface area contributed by atoms with Gasteiger partial charge in [0, 0.05) is 54.1 Å². The molecule has 15 nitrogen and oxygen atoms in total. The molecule has 7 atom stereocenters. The van der Waals surface area contributed by atoms with Gasteiger partial charge in [-0.1, -0.05) is 18.7 Å². The Bertz CT molecular complexity index is 1900. The summed E-state index contributed by atoms with van der Waals surface area (Å²) in [6.07, 6.45) is 1.15. The fraction of sp³-hybridized carbons (Fsp3) is 0.514. The van der Waals surface area contributed by atoms with E-state index in [2.05, 4.69) is 33.8 Å². The predicted octanol–water partition coefficient (Wildman–Crippen LogP) is 3.79. The molecule has 1 amide bonds. The van der Waals surface area contributed by atoms with Gasteiger partial charge in [-0.2, -0.15) is 5.26 Å². The third-order valence-electron chi connectivity index (χ3n) is 10.6. The van der Waals surface area contributed by atoms with Gasteiger partial charge in [-0.15, -0.1) is 11.8 Å². The molecule has 2 unspecified atom stereocenters. The van der Waals surface area contributed by atoms with Crippen LogP contribution < -0.4 is 29.0 Å². The Morgan fingerprint density at radius 3 is 2.60 bits per heavy atom. The number of fused-ring (bicyclic) bond motifs is 10. The summed E-state index contributed by atoms with van der Waals surface area (Å²) in [7, 11) is 5.15. The zero-order chi connectivity index (χ0) is 37.7. The summed E-state index contributed by atoms with van der Waals surface area (Å²) in [6, 6.07) is 0.967. The maximum Gasteiger partial charge on any atom is 0.408 e. The first-order chi connectivity index (χ1) is 25.6. The van der Waals surface area contributed by atoms with E-state index in [-0.39, 0.29) is 38.6 Å². The van der Waals surface area contributed by atoms with Crippen molar-refractivity contribution in [3.8, 4) is 34.8 Å². The van der Waals surface area contributed by atoms with E-state index in [0.717, 1.165) is 16.7 Å². The first-order valence-electron chi connectivity index (χ1n) is 17.2. The van der Waals surface area contributed by atoms with Crippen molar-refractivity contribution in [2.24, 2.45) is 0 Å². The number of aryl methyl sites for hydroxylation is 1. The number of ether oxygens (including phenoxy) is 8. The van der Waals surface area contributed by atoms with Crippen molar-refractivity contribution in [3.05, 3.63) is 52.1 Å². The molecule has 2 aromatic rings. The van der Waals surface area contributed by atoms with Crippen LogP contribution in [0.2, 0.25) is 0 Å². The van der Waals surface area contributed by atoms with E-state index in [1.807, 2.05) is 20.9 Å². The predicted molar refractivity (Wildman–Crippen MR) is 189 cm³/mol. The molecule has 6 aliphatic heterocycles. The van der Waals surface area contributed by atoms with E-state index < -0.39 is 53.5 Å². The van der Waals surface area contributed by atoms with Crippen molar-refractivity contribution in [1.82, 2.24) is 15.1 Å². The lowest BCUT2D eigenvalue weighted by molar-refractivity contribution is -0.151. The molecular weight excluding hydrogens is 708 g/mol. The zero-order valence-corrected chi connectivity index (χ0v) is 31.2.